The number of hydrogen-bond acceptors (Lipinski definition) is 4. The maximum atomic E-state index is 11.5. The average molecular weight is 581 g/mol. The second-order valence-corrected chi connectivity index (χ2v) is 11.2. The van der Waals surface area contributed by atoms with Crippen LogP contribution in [-0.4, -0.2) is 48.8 Å². The fourth-order valence-electron chi connectivity index (χ4n) is 5.30. The molecule has 2 heterocycles. The van der Waals surface area contributed by atoms with Crippen LogP contribution in [0.2, 0.25) is 0 Å². The number of esters is 1. The van der Waals surface area contributed by atoms with Gasteiger partial charge in [-0.15, -0.1) is 0 Å². The molecule has 0 spiro atoms. The number of fused-ring (bicyclic) bond motifs is 1. The van der Waals surface area contributed by atoms with Crippen molar-refractivity contribution in [3.05, 3.63) is 60.3 Å². The number of para-hydroxylation sites is 1. The number of methoxy groups -OCH3 is 1. The van der Waals surface area contributed by atoms with Gasteiger partial charge in [0, 0.05) is 36.6 Å². The van der Waals surface area contributed by atoms with Gasteiger partial charge in [-0.25, -0.2) is 4.79 Å². The minimum atomic E-state index is -0.211. The molecular formula is C36H56N2O4. The van der Waals surface area contributed by atoms with Crippen molar-refractivity contribution in [2.75, 3.05) is 26.8 Å². The number of carbonyl (C=O) groups is 2. The first kappa shape index (κ1) is 35.2. The summed E-state index contributed by atoms with van der Waals surface area (Å²) in [6.07, 6.45) is 27.9. The number of nitrogens with zero attached hydrogens (tertiary/aromatic N) is 1. The number of piperidine rings is 1. The quantitative estimate of drug-likeness (QED) is 0.115. The Labute approximate surface area is 254 Å². The fourth-order valence-corrected chi connectivity index (χ4v) is 5.30. The van der Waals surface area contributed by atoms with Gasteiger partial charge < -0.3 is 19.4 Å². The van der Waals surface area contributed by atoms with E-state index in [1.54, 1.807) is 4.90 Å². The van der Waals surface area contributed by atoms with E-state index in [-0.39, 0.29) is 12.1 Å². The van der Waals surface area contributed by atoms with E-state index in [9.17, 15) is 9.59 Å². The molecule has 42 heavy (non-hydrogen) atoms. The number of ether oxygens (including phenoxy) is 2. The van der Waals surface area contributed by atoms with Gasteiger partial charge in [0.25, 0.3) is 0 Å². The van der Waals surface area contributed by atoms with Gasteiger partial charge in [0.2, 0.25) is 0 Å². The van der Waals surface area contributed by atoms with Crippen molar-refractivity contribution in [1.29, 1.82) is 0 Å². The van der Waals surface area contributed by atoms with E-state index >= 15 is 0 Å². The van der Waals surface area contributed by atoms with Crippen molar-refractivity contribution < 1.29 is 19.1 Å². The van der Waals surface area contributed by atoms with Gasteiger partial charge in [0.15, 0.2) is 0 Å². The number of aromatic nitrogens is 1. The SMILES string of the molecule is CCCCC/C=C\C/C=C\CCCCCCCC(=O)OCCC.COC(=O)N1CCC(c2c[nH]c3ccccc23)CC1. The standard InChI is InChI=1S/C21H38O2.C15H18N2O2/c1-3-5-6-7-8-9-10-11-12-13-14-15-16-17-18-19-21(22)23-20-4-2;1-19-15(18)17-8-6-11(7-9-17)13-10-16-14-5-3-2-4-12(13)14/h8-9,11-12H,3-7,10,13-20H2,1-2H3;2-5,10-11,16H,6-9H2,1H3/b9-8-,12-11-;. The molecule has 0 atom stereocenters. The highest BCUT2D eigenvalue weighted by atomic mass is 16.5. The number of allylic oxidation sites excluding steroid dienone is 4. The van der Waals surface area contributed by atoms with Crippen molar-refractivity contribution in [2.45, 2.75) is 116 Å². The molecule has 0 radical (unpaired) electrons. The van der Waals surface area contributed by atoms with Crippen LogP contribution in [0.25, 0.3) is 10.9 Å². The Balaban J connectivity index is 0.000000297. The first-order valence-corrected chi connectivity index (χ1v) is 16.4. The highest BCUT2D eigenvalue weighted by Gasteiger charge is 2.25. The maximum absolute atomic E-state index is 11.5. The van der Waals surface area contributed by atoms with Crippen LogP contribution < -0.4 is 0 Å². The van der Waals surface area contributed by atoms with Crippen LogP contribution in [0.1, 0.15) is 122 Å². The molecule has 1 aromatic heterocycles. The fraction of sp³-hybridized carbons (Fsp3) is 0.611. The third-order valence-corrected chi connectivity index (χ3v) is 7.79. The average Bonchev–Trinajstić information content (AvgIpc) is 3.46. The predicted octanol–water partition coefficient (Wildman–Crippen LogP) is 9.87. The van der Waals surface area contributed by atoms with Crippen molar-refractivity contribution in [1.82, 2.24) is 9.88 Å². The summed E-state index contributed by atoms with van der Waals surface area (Å²) < 4.78 is 9.82. The number of nitrogens with one attached hydrogen (secondary N) is 1. The lowest BCUT2D eigenvalue weighted by atomic mass is 9.89. The molecule has 234 valence electrons. The molecule has 0 unspecified atom stereocenters. The Kier molecular flexibility index (Phi) is 18.9. The second kappa shape index (κ2) is 22.6. The van der Waals surface area contributed by atoms with Crippen LogP contribution in [0.3, 0.4) is 0 Å². The monoisotopic (exact) mass is 580 g/mol. The van der Waals surface area contributed by atoms with Crippen LogP contribution in [0.5, 0.6) is 0 Å². The number of hydrogen-bond donors (Lipinski definition) is 1. The largest absolute Gasteiger partial charge is 0.466 e. The van der Waals surface area contributed by atoms with Crippen molar-refractivity contribution in [3.8, 4) is 0 Å². The predicted molar refractivity (Wildman–Crippen MR) is 175 cm³/mol. The van der Waals surface area contributed by atoms with Crippen molar-refractivity contribution in [3.63, 3.8) is 0 Å². The number of carbonyl (C=O) groups excluding carboxylic acids is 2. The molecular weight excluding hydrogens is 524 g/mol. The Hall–Kier alpha value is -3.02. The zero-order chi connectivity index (χ0) is 30.3. The van der Waals surface area contributed by atoms with Crippen LogP contribution >= 0.6 is 0 Å². The smallest absolute Gasteiger partial charge is 0.409 e. The molecule has 0 bridgehead atoms. The van der Waals surface area contributed by atoms with E-state index in [4.69, 9.17) is 9.47 Å². The summed E-state index contributed by atoms with van der Waals surface area (Å²) in [6.45, 7) is 6.38. The number of unbranched alkanes of at least 4 members (excludes halogenated alkanes) is 8. The molecule has 6 heteroatoms. The molecule has 1 aliphatic heterocycles. The van der Waals surface area contributed by atoms with Crippen molar-refractivity contribution >= 4 is 23.0 Å². The number of amides is 1. The molecule has 6 nitrogen and oxygen atoms in total. The van der Waals surface area contributed by atoms with Crippen LogP contribution in [0, 0.1) is 0 Å². The molecule has 2 aromatic rings. The Morgan fingerprint density at radius 3 is 2.24 bits per heavy atom. The topological polar surface area (TPSA) is 71.6 Å². The van der Waals surface area contributed by atoms with E-state index in [2.05, 4.69) is 60.6 Å². The summed E-state index contributed by atoms with van der Waals surface area (Å²) in [5.41, 5.74) is 2.56. The van der Waals surface area contributed by atoms with Crippen LogP contribution in [0.4, 0.5) is 4.79 Å². The maximum Gasteiger partial charge on any atom is 0.409 e. The zero-order valence-corrected chi connectivity index (χ0v) is 26.6. The zero-order valence-electron chi connectivity index (χ0n) is 26.6. The molecule has 0 saturated carbocycles. The minimum absolute atomic E-state index is 0.0301. The number of benzene rings is 1. The molecule has 1 aliphatic rings. The Bertz CT molecular complexity index is 1050. The van der Waals surface area contributed by atoms with Gasteiger partial charge in [0.1, 0.15) is 0 Å². The number of rotatable bonds is 17. The summed E-state index contributed by atoms with van der Waals surface area (Å²) in [5.74, 6) is 0.495. The Morgan fingerprint density at radius 2 is 1.55 bits per heavy atom. The van der Waals surface area contributed by atoms with E-state index < -0.39 is 0 Å². The lowest BCUT2D eigenvalue weighted by molar-refractivity contribution is -0.143. The number of H-pyrrole nitrogens is 1. The van der Waals surface area contributed by atoms with E-state index in [0.717, 1.165) is 51.6 Å². The van der Waals surface area contributed by atoms with Crippen molar-refractivity contribution in [2.24, 2.45) is 0 Å². The highest BCUT2D eigenvalue weighted by Crippen LogP contribution is 2.33. The number of likely N-dealkylation sites (tertiary alicyclic amines) is 1. The molecule has 1 N–H and O–H groups in total. The van der Waals surface area contributed by atoms with E-state index in [0.29, 0.717) is 18.9 Å². The lowest BCUT2D eigenvalue weighted by Gasteiger charge is -2.30. The summed E-state index contributed by atoms with van der Waals surface area (Å²) in [6, 6.07) is 8.38. The molecule has 0 aliphatic carbocycles. The third-order valence-electron chi connectivity index (χ3n) is 7.79. The van der Waals surface area contributed by atoms with Gasteiger partial charge in [-0.3, -0.25) is 4.79 Å². The highest BCUT2D eigenvalue weighted by molar-refractivity contribution is 5.83. The first-order chi connectivity index (χ1) is 20.6. The van der Waals surface area contributed by atoms with Gasteiger partial charge in [-0.1, -0.05) is 88.5 Å². The molecule has 3 rings (SSSR count). The van der Waals surface area contributed by atoms with E-state index in [1.807, 2.05) is 13.0 Å². The molecule has 1 fully saturated rings. The van der Waals surface area contributed by atoms with Gasteiger partial charge in [-0.05, 0) is 75.3 Å². The summed E-state index contributed by atoms with van der Waals surface area (Å²) in [4.78, 5) is 27.9. The molecule has 1 aromatic carbocycles. The van der Waals surface area contributed by atoms with E-state index in [1.165, 1.54) is 74.9 Å². The van der Waals surface area contributed by atoms with Gasteiger partial charge >= 0.3 is 12.1 Å². The summed E-state index contributed by atoms with van der Waals surface area (Å²) in [7, 11) is 1.44. The second-order valence-electron chi connectivity index (χ2n) is 11.2. The third kappa shape index (κ3) is 14.2. The van der Waals surface area contributed by atoms with Crippen LogP contribution in [0.15, 0.2) is 54.8 Å². The number of aromatic amines is 1. The van der Waals surface area contributed by atoms with Crippen LogP contribution in [-0.2, 0) is 14.3 Å². The van der Waals surface area contributed by atoms with Gasteiger partial charge in [-0.2, -0.15) is 0 Å². The minimum Gasteiger partial charge on any atom is -0.466 e. The normalized spacial score (nSPS) is 13.9. The lowest BCUT2D eigenvalue weighted by Crippen LogP contribution is -2.37. The van der Waals surface area contributed by atoms with Gasteiger partial charge in [0.05, 0.1) is 13.7 Å². The summed E-state index contributed by atoms with van der Waals surface area (Å²) in [5, 5.41) is 1.30. The molecule has 1 saturated heterocycles. The summed E-state index contributed by atoms with van der Waals surface area (Å²) >= 11 is 0. The Morgan fingerprint density at radius 1 is 0.881 bits per heavy atom. The first-order valence-electron chi connectivity index (χ1n) is 16.4. The molecule has 1 amide bonds.